The molecule has 0 saturated heterocycles. The molecule has 6 heteroatoms. The lowest BCUT2D eigenvalue weighted by Crippen LogP contribution is -2.24. The van der Waals surface area contributed by atoms with Gasteiger partial charge >= 0.3 is 6.18 Å². The van der Waals surface area contributed by atoms with Crippen LogP contribution in [0.3, 0.4) is 0 Å². The van der Waals surface area contributed by atoms with Crippen molar-refractivity contribution in [1.82, 2.24) is 4.98 Å². The highest BCUT2D eigenvalue weighted by Gasteiger charge is 2.27. The van der Waals surface area contributed by atoms with Crippen LogP contribution < -0.4 is 10.6 Å². The smallest absolute Gasteiger partial charge is 0.384 e. The summed E-state index contributed by atoms with van der Waals surface area (Å²) in [6.07, 6.45) is -5.01. The number of anilines is 2. The number of rotatable bonds is 3. The van der Waals surface area contributed by atoms with Crippen molar-refractivity contribution in [3.63, 3.8) is 0 Å². The van der Waals surface area contributed by atoms with E-state index in [0.29, 0.717) is 11.6 Å². The van der Waals surface area contributed by atoms with Crippen molar-refractivity contribution in [2.45, 2.75) is 12.6 Å². The number of halogens is 3. The highest BCUT2D eigenvalue weighted by molar-refractivity contribution is 5.43. The van der Waals surface area contributed by atoms with Crippen LogP contribution in [-0.4, -0.2) is 24.8 Å². The van der Waals surface area contributed by atoms with Crippen LogP contribution in [0, 0.1) is 0 Å². The summed E-state index contributed by atoms with van der Waals surface area (Å²) in [5.41, 5.74) is 5.42. The van der Waals surface area contributed by atoms with Crippen LogP contribution in [0.4, 0.5) is 24.8 Å². The first-order valence-corrected chi connectivity index (χ1v) is 4.39. The normalized spacial score (nSPS) is 11.5. The van der Waals surface area contributed by atoms with E-state index in [1.54, 1.807) is 25.2 Å². The summed E-state index contributed by atoms with van der Waals surface area (Å²) in [5.74, 6) is 0.741. The van der Waals surface area contributed by atoms with E-state index < -0.39 is 12.6 Å². The van der Waals surface area contributed by atoms with E-state index in [1.807, 2.05) is 0 Å². The molecule has 0 fully saturated rings. The van der Waals surface area contributed by atoms with Crippen molar-refractivity contribution in [2.75, 3.05) is 24.2 Å². The number of aromatic nitrogens is 1. The Labute approximate surface area is 85.7 Å². The molecule has 0 bridgehead atoms. The first-order valence-electron chi connectivity index (χ1n) is 4.39. The molecule has 0 aliphatic heterocycles. The number of nitrogens with two attached hydrogens (primary N) is 1. The standard InChI is InChI=1S/C9H12F3N3/c1-15(6-5-9(10,11)12)8-4-2-3-7(13)14-8/h2-4H,5-6H2,1H3,(H2,13,14). The molecule has 3 nitrogen and oxygen atoms in total. The molecule has 0 radical (unpaired) electrons. The van der Waals surface area contributed by atoms with E-state index in [-0.39, 0.29) is 6.54 Å². The Morgan fingerprint density at radius 1 is 1.40 bits per heavy atom. The van der Waals surface area contributed by atoms with Crippen molar-refractivity contribution in [3.05, 3.63) is 18.2 Å². The van der Waals surface area contributed by atoms with Gasteiger partial charge in [-0.05, 0) is 12.1 Å². The van der Waals surface area contributed by atoms with Gasteiger partial charge in [0.05, 0.1) is 6.42 Å². The lowest BCUT2D eigenvalue weighted by molar-refractivity contribution is -0.132. The van der Waals surface area contributed by atoms with Crippen LogP contribution >= 0.6 is 0 Å². The number of nitrogens with zero attached hydrogens (tertiary/aromatic N) is 2. The Morgan fingerprint density at radius 2 is 2.07 bits per heavy atom. The van der Waals surface area contributed by atoms with E-state index in [9.17, 15) is 13.2 Å². The minimum atomic E-state index is -4.14. The second-order valence-corrected chi connectivity index (χ2v) is 3.21. The quantitative estimate of drug-likeness (QED) is 0.846. The zero-order chi connectivity index (χ0) is 11.5. The third-order valence-electron chi connectivity index (χ3n) is 1.88. The largest absolute Gasteiger partial charge is 0.390 e. The maximum absolute atomic E-state index is 11.9. The van der Waals surface area contributed by atoms with Gasteiger partial charge in [0.25, 0.3) is 0 Å². The number of alkyl halides is 3. The van der Waals surface area contributed by atoms with Crippen LogP contribution in [0.1, 0.15) is 6.42 Å². The highest BCUT2D eigenvalue weighted by atomic mass is 19.4. The Morgan fingerprint density at radius 3 is 2.60 bits per heavy atom. The van der Waals surface area contributed by atoms with Gasteiger partial charge in [0, 0.05) is 13.6 Å². The zero-order valence-corrected chi connectivity index (χ0v) is 8.25. The van der Waals surface area contributed by atoms with Crippen LogP contribution in [0.25, 0.3) is 0 Å². The molecule has 0 unspecified atom stereocenters. The molecule has 0 aromatic carbocycles. The van der Waals surface area contributed by atoms with E-state index in [0.717, 1.165) is 0 Å². The molecule has 0 spiro atoms. The first kappa shape index (κ1) is 11.6. The van der Waals surface area contributed by atoms with Gasteiger partial charge in [-0.1, -0.05) is 6.07 Å². The SMILES string of the molecule is CN(CCC(F)(F)F)c1cccc(N)n1. The van der Waals surface area contributed by atoms with Crippen molar-refractivity contribution in [1.29, 1.82) is 0 Å². The monoisotopic (exact) mass is 219 g/mol. The number of hydrogen-bond donors (Lipinski definition) is 1. The fraction of sp³-hybridized carbons (Fsp3) is 0.444. The summed E-state index contributed by atoms with van der Waals surface area (Å²) in [6, 6.07) is 4.86. The molecule has 1 aromatic heterocycles. The van der Waals surface area contributed by atoms with Crippen molar-refractivity contribution < 1.29 is 13.2 Å². The maximum atomic E-state index is 11.9. The van der Waals surface area contributed by atoms with Gasteiger partial charge in [-0.2, -0.15) is 13.2 Å². The lowest BCUT2D eigenvalue weighted by atomic mass is 10.3. The van der Waals surface area contributed by atoms with Crippen molar-refractivity contribution in [3.8, 4) is 0 Å². The van der Waals surface area contributed by atoms with Crippen LogP contribution in [0.5, 0.6) is 0 Å². The molecule has 0 amide bonds. The van der Waals surface area contributed by atoms with E-state index >= 15 is 0 Å². The Bertz CT molecular complexity index is 325. The van der Waals surface area contributed by atoms with E-state index in [2.05, 4.69) is 4.98 Å². The van der Waals surface area contributed by atoms with Gasteiger partial charge in [0.15, 0.2) is 0 Å². The lowest BCUT2D eigenvalue weighted by Gasteiger charge is -2.19. The van der Waals surface area contributed by atoms with Gasteiger partial charge in [0.1, 0.15) is 11.6 Å². The summed E-state index contributed by atoms with van der Waals surface area (Å²) in [7, 11) is 1.55. The molecule has 1 heterocycles. The van der Waals surface area contributed by atoms with Gasteiger partial charge in [0.2, 0.25) is 0 Å². The molecule has 0 atom stereocenters. The fourth-order valence-electron chi connectivity index (χ4n) is 1.06. The predicted octanol–water partition coefficient (Wildman–Crippen LogP) is 2.05. The molecule has 0 aliphatic carbocycles. The summed E-state index contributed by atoms with van der Waals surface area (Å²) in [4.78, 5) is 5.33. The van der Waals surface area contributed by atoms with E-state index in [1.165, 1.54) is 4.90 Å². The molecule has 0 saturated carbocycles. The second-order valence-electron chi connectivity index (χ2n) is 3.21. The van der Waals surface area contributed by atoms with Gasteiger partial charge < -0.3 is 10.6 Å². The molecule has 84 valence electrons. The van der Waals surface area contributed by atoms with Gasteiger partial charge in [-0.15, -0.1) is 0 Å². The van der Waals surface area contributed by atoms with Crippen LogP contribution in [0.15, 0.2) is 18.2 Å². The van der Waals surface area contributed by atoms with Crippen molar-refractivity contribution >= 4 is 11.6 Å². The summed E-state index contributed by atoms with van der Waals surface area (Å²) in [6.45, 7) is -0.125. The van der Waals surface area contributed by atoms with Gasteiger partial charge in [-0.25, -0.2) is 4.98 Å². The van der Waals surface area contributed by atoms with Gasteiger partial charge in [-0.3, -0.25) is 0 Å². The molecule has 1 rings (SSSR count). The maximum Gasteiger partial charge on any atom is 0.390 e. The molecule has 0 aliphatic rings. The molecule has 1 aromatic rings. The highest BCUT2D eigenvalue weighted by Crippen LogP contribution is 2.21. The number of pyridine rings is 1. The first-order chi connectivity index (χ1) is 6.88. The van der Waals surface area contributed by atoms with Crippen molar-refractivity contribution in [2.24, 2.45) is 0 Å². The summed E-state index contributed by atoms with van der Waals surface area (Å²) >= 11 is 0. The minimum Gasteiger partial charge on any atom is -0.384 e. The zero-order valence-electron chi connectivity index (χ0n) is 8.25. The predicted molar refractivity (Wildman–Crippen MR) is 52.6 cm³/mol. The summed E-state index contributed by atoms with van der Waals surface area (Å²) in [5, 5.41) is 0. The Kier molecular flexibility index (Phi) is 3.39. The Balaban J connectivity index is 2.58. The topological polar surface area (TPSA) is 42.1 Å². The average Bonchev–Trinajstić information content (AvgIpc) is 2.13. The van der Waals surface area contributed by atoms with Crippen LogP contribution in [-0.2, 0) is 0 Å². The minimum absolute atomic E-state index is 0.125. The second kappa shape index (κ2) is 4.37. The molecular formula is C9H12F3N3. The molecule has 15 heavy (non-hydrogen) atoms. The Hall–Kier alpha value is -1.46. The average molecular weight is 219 g/mol. The third-order valence-corrected chi connectivity index (χ3v) is 1.88. The number of hydrogen-bond acceptors (Lipinski definition) is 3. The third kappa shape index (κ3) is 4.05. The fourth-order valence-corrected chi connectivity index (χ4v) is 1.06. The van der Waals surface area contributed by atoms with E-state index in [4.69, 9.17) is 5.73 Å². The van der Waals surface area contributed by atoms with Crippen LogP contribution in [0.2, 0.25) is 0 Å². The molecule has 2 N–H and O–H groups in total. The molecular weight excluding hydrogens is 207 g/mol. The summed E-state index contributed by atoms with van der Waals surface area (Å²) < 4.78 is 35.8. The number of nitrogen functional groups attached to an aromatic ring is 1.